The molecule has 33 heavy (non-hydrogen) atoms. The van der Waals surface area contributed by atoms with Crippen LogP contribution in [0.3, 0.4) is 0 Å². The Morgan fingerprint density at radius 3 is 2.55 bits per heavy atom. The second kappa shape index (κ2) is 10.2. The Labute approximate surface area is 207 Å². The molecule has 1 aromatic heterocycles. The fourth-order valence-corrected chi connectivity index (χ4v) is 4.68. The highest BCUT2D eigenvalue weighted by molar-refractivity contribution is 6.66. The average molecular weight is 515 g/mol. The van der Waals surface area contributed by atoms with Gasteiger partial charge in [0.2, 0.25) is 5.91 Å². The number of likely N-dealkylation sites (tertiary alicyclic amines) is 1. The van der Waals surface area contributed by atoms with Crippen molar-refractivity contribution < 1.29 is 14.1 Å². The molecule has 2 N–H and O–H groups in total. The summed E-state index contributed by atoms with van der Waals surface area (Å²) in [5, 5.41) is 9.64. The van der Waals surface area contributed by atoms with Crippen LogP contribution in [0.4, 0.5) is 0 Å². The largest absolute Gasteiger partial charge is 0.349 e. The van der Waals surface area contributed by atoms with E-state index in [-0.39, 0.29) is 36.2 Å². The number of aromatic nitrogens is 2. The van der Waals surface area contributed by atoms with Crippen LogP contribution in [0, 0.1) is 6.92 Å². The minimum atomic E-state index is -1.71. The molecule has 0 spiro atoms. The summed E-state index contributed by atoms with van der Waals surface area (Å²) in [5.74, 6) is 0.367. The van der Waals surface area contributed by atoms with Gasteiger partial charge in [0, 0.05) is 30.6 Å². The number of amides is 2. The summed E-state index contributed by atoms with van der Waals surface area (Å²) in [7, 11) is 0. The van der Waals surface area contributed by atoms with Gasteiger partial charge in [-0.15, -0.1) is 0 Å². The number of nitrogens with zero attached hydrogens (tertiary/aromatic N) is 3. The monoisotopic (exact) mass is 513 g/mol. The van der Waals surface area contributed by atoms with Gasteiger partial charge in [0.15, 0.2) is 5.82 Å². The highest BCUT2D eigenvalue weighted by Gasteiger charge is 2.37. The van der Waals surface area contributed by atoms with Gasteiger partial charge < -0.3 is 15.2 Å². The number of hydrogen-bond acceptors (Lipinski definition) is 6. The Balaban J connectivity index is 1.15. The molecule has 178 valence electrons. The summed E-state index contributed by atoms with van der Waals surface area (Å²) in [6.45, 7) is 3.51. The topological polar surface area (TPSA) is 100 Å². The number of aryl methyl sites for hydroxylation is 1. The first-order valence-electron chi connectivity index (χ1n) is 11.0. The van der Waals surface area contributed by atoms with Crippen LogP contribution >= 0.6 is 34.8 Å². The molecule has 0 atom stereocenters. The number of rotatable bonds is 6. The SMILES string of the molecule is Cc1cccc(C(=O)NCC(=O)NC2CN(C3CCC(c4noc(C(Cl)(Cl)Cl)n4)CC3)C2)c1. The molecule has 2 aliphatic rings. The average Bonchev–Trinajstić information content (AvgIpc) is 3.25. The molecule has 1 aromatic carbocycles. The van der Waals surface area contributed by atoms with E-state index < -0.39 is 3.79 Å². The number of halogens is 3. The number of benzene rings is 1. The number of carbonyl (C=O) groups excluding carboxylic acids is 2. The maximum Gasteiger partial charge on any atom is 0.278 e. The minimum absolute atomic E-state index is 0.000946. The Bertz CT molecular complexity index is 995. The summed E-state index contributed by atoms with van der Waals surface area (Å²) in [4.78, 5) is 31.0. The van der Waals surface area contributed by atoms with Crippen molar-refractivity contribution in [2.45, 2.75) is 54.4 Å². The van der Waals surface area contributed by atoms with Crippen LogP contribution in [0.5, 0.6) is 0 Å². The number of hydrogen-bond donors (Lipinski definition) is 2. The van der Waals surface area contributed by atoms with Gasteiger partial charge in [-0.2, -0.15) is 4.98 Å². The molecule has 2 heterocycles. The zero-order valence-corrected chi connectivity index (χ0v) is 20.5. The van der Waals surface area contributed by atoms with Crippen molar-refractivity contribution in [3.05, 3.63) is 47.1 Å². The van der Waals surface area contributed by atoms with Crippen LogP contribution in [-0.2, 0) is 8.59 Å². The Kier molecular flexibility index (Phi) is 7.48. The predicted molar refractivity (Wildman–Crippen MR) is 126 cm³/mol. The van der Waals surface area contributed by atoms with Gasteiger partial charge in [-0.05, 0) is 44.7 Å². The molecule has 1 aliphatic heterocycles. The summed E-state index contributed by atoms with van der Waals surface area (Å²) < 4.78 is 3.37. The van der Waals surface area contributed by atoms with Crippen LogP contribution in [0.2, 0.25) is 0 Å². The quantitative estimate of drug-likeness (QED) is 0.573. The van der Waals surface area contributed by atoms with E-state index in [1.54, 1.807) is 12.1 Å². The summed E-state index contributed by atoms with van der Waals surface area (Å²) >= 11 is 17.4. The smallest absolute Gasteiger partial charge is 0.278 e. The highest BCUT2D eigenvalue weighted by Crippen LogP contribution is 2.39. The van der Waals surface area contributed by atoms with Crippen molar-refractivity contribution in [2.24, 2.45) is 0 Å². The standard InChI is InChI=1S/C22H26Cl3N5O3/c1-13-3-2-4-15(9-13)20(32)26-10-18(31)27-16-11-30(12-16)17-7-5-14(6-8-17)19-28-21(33-29-19)22(23,24)25/h2-4,9,14,16-17H,5-8,10-12H2,1H3,(H,26,32)(H,27,31). The lowest BCUT2D eigenvalue weighted by atomic mass is 9.83. The maximum atomic E-state index is 12.2. The van der Waals surface area contributed by atoms with Gasteiger partial charge in [-0.25, -0.2) is 0 Å². The molecular formula is C22H26Cl3N5O3. The lowest BCUT2D eigenvalue weighted by Gasteiger charge is -2.46. The number of nitrogens with one attached hydrogen (secondary N) is 2. The van der Waals surface area contributed by atoms with Gasteiger partial charge in [-0.1, -0.05) is 57.7 Å². The van der Waals surface area contributed by atoms with Crippen molar-refractivity contribution in [1.82, 2.24) is 25.7 Å². The van der Waals surface area contributed by atoms with Crippen molar-refractivity contribution in [3.63, 3.8) is 0 Å². The lowest BCUT2D eigenvalue weighted by molar-refractivity contribution is -0.122. The Hall–Kier alpha value is -1.87. The third-order valence-electron chi connectivity index (χ3n) is 6.23. The van der Waals surface area contributed by atoms with Crippen LogP contribution in [0.1, 0.15) is 59.2 Å². The summed E-state index contributed by atoms with van der Waals surface area (Å²) in [6.07, 6.45) is 3.88. The molecule has 1 aliphatic carbocycles. The van der Waals surface area contributed by atoms with E-state index >= 15 is 0 Å². The zero-order valence-electron chi connectivity index (χ0n) is 18.2. The fraction of sp³-hybridized carbons (Fsp3) is 0.545. The van der Waals surface area contributed by atoms with Gasteiger partial charge in [-0.3, -0.25) is 14.5 Å². The van der Waals surface area contributed by atoms with E-state index in [4.69, 9.17) is 39.3 Å². The molecule has 0 bridgehead atoms. The molecule has 2 aromatic rings. The molecule has 0 unspecified atom stereocenters. The minimum Gasteiger partial charge on any atom is -0.349 e. The number of alkyl halides is 3. The normalized spacial score (nSPS) is 21.9. The van der Waals surface area contributed by atoms with Crippen LogP contribution in [0.15, 0.2) is 28.8 Å². The predicted octanol–water partition coefficient (Wildman–Crippen LogP) is 3.46. The third kappa shape index (κ3) is 6.18. The van der Waals surface area contributed by atoms with Gasteiger partial charge in [0.25, 0.3) is 15.6 Å². The Morgan fingerprint density at radius 2 is 1.91 bits per heavy atom. The molecule has 11 heteroatoms. The molecule has 2 amide bonds. The Morgan fingerprint density at radius 1 is 1.18 bits per heavy atom. The first-order valence-corrected chi connectivity index (χ1v) is 12.1. The van der Waals surface area contributed by atoms with E-state index in [0.29, 0.717) is 17.4 Å². The summed E-state index contributed by atoms with van der Waals surface area (Å²) in [5.41, 5.74) is 1.55. The van der Waals surface area contributed by atoms with Crippen molar-refractivity contribution in [3.8, 4) is 0 Å². The second-order valence-electron chi connectivity index (χ2n) is 8.73. The van der Waals surface area contributed by atoms with Crippen molar-refractivity contribution in [1.29, 1.82) is 0 Å². The molecule has 1 saturated carbocycles. The molecular weight excluding hydrogens is 489 g/mol. The van der Waals surface area contributed by atoms with Crippen molar-refractivity contribution in [2.75, 3.05) is 19.6 Å². The molecule has 4 rings (SSSR count). The highest BCUT2D eigenvalue weighted by atomic mass is 35.6. The van der Waals surface area contributed by atoms with Crippen molar-refractivity contribution >= 4 is 46.6 Å². The third-order valence-corrected chi connectivity index (χ3v) is 6.71. The van der Waals surface area contributed by atoms with Crippen LogP contribution < -0.4 is 10.6 Å². The zero-order chi connectivity index (χ0) is 23.6. The van der Waals surface area contributed by atoms with Crippen LogP contribution in [-0.4, -0.2) is 58.6 Å². The first kappa shape index (κ1) is 24.3. The lowest BCUT2D eigenvalue weighted by Crippen LogP contribution is -2.63. The fourth-order valence-electron chi connectivity index (χ4n) is 4.44. The maximum absolute atomic E-state index is 12.2. The summed E-state index contributed by atoms with van der Waals surface area (Å²) in [6, 6.07) is 7.85. The molecule has 0 radical (unpaired) electrons. The molecule has 1 saturated heterocycles. The molecule has 2 fully saturated rings. The van der Waals surface area contributed by atoms with E-state index in [9.17, 15) is 9.59 Å². The van der Waals surface area contributed by atoms with E-state index in [1.807, 2.05) is 19.1 Å². The van der Waals surface area contributed by atoms with E-state index in [2.05, 4.69) is 25.7 Å². The van der Waals surface area contributed by atoms with Crippen LogP contribution in [0.25, 0.3) is 0 Å². The van der Waals surface area contributed by atoms with E-state index in [0.717, 1.165) is 44.3 Å². The van der Waals surface area contributed by atoms with Gasteiger partial charge in [0.05, 0.1) is 12.6 Å². The first-order chi connectivity index (χ1) is 15.7. The van der Waals surface area contributed by atoms with E-state index in [1.165, 1.54) is 0 Å². The van der Waals surface area contributed by atoms with Gasteiger partial charge >= 0.3 is 0 Å². The number of carbonyl (C=O) groups is 2. The second-order valence-corrected chi connectivity index (χ2v) is 11.0. The molecule has 8 nitrogen and oxygen atoms in total. The van der Waals surface area contributed by atoms with Gasteiger partial charge in [0.1, 0.15) is 0 Å².